The maximum Gasteiger partial charge on any atom is 0.237 e. The van der Waals surface area contributed by atoms with Crippen LogP contribution in [0, 0.1) is 11.6 Å². The molecule has 9 heteroatoms. The fourth-order valence-electron chi connectivity index (χ4n) is 2.97. The van der Waals surface area contributed by atoms with Crippen molar-refractivity contribution in [3.63, 3.8) is 0 Å². The molecule has 0 aliphatic heterocycles. The van der Waals surface area contributed by atoms with Gasteiger partial charge in [0, 0.05) is 18.3 Å². The van der Waals surface area contributed by atoms with E-state index in [1.807, 2.05) is 14.1 Å². The Labute approximate surface area is 175 Å². The predicted molar refractivity (Wildman–Crippen MR) is 112 cm³/mol. The standard InChI is InChI=1S/C20H29F2N5OS/c1-6-8-11-27-18(17(7-2)26(4)5)24-25-20(27)29-13(3)19(28)23-14-9-10-15(21)16(22)12-14/h9-10,12-13,17H,6-8,11H2,1-5H3,(H,23,28). The van der Waals surface area contributed by atoms with Crippen LogP contribution in [-0.2, 0) is 11.3 Å². The summed E-state index contributed by atoms with van der Waals surface area (Å²) in [4.78, 5) is 14.6. The van der Waals surface area contributed by atoms with Gasteiger partial charge in [-0.2, -0.15) is 0 Å². The maximum atomic E-state index is 13.4. The number of hydrogen-bond acceptors (Lipinski definition) is 5. The first-order chi connectivity index (χ1) is 13.8. The molecular formula is C20H29F2N5OS. The highest BCUT2D eigenvalue weighted by Crippen LogP contribution is 2.28. The molecule has 2 unspecified atom stereocenters. The Morgan fingerprint density at radius 3 is 2.55 bits per heavy atom. The number of nitrogens with one attached hydrogen (secondary N) is 1. The van der Waals surface area contributed by atoms with Crippen LogP contribution in [0.3, 0.4) is 0 Å². The first-order valence-corrected chi connectivity index (χ1v) is 10.7. The third kappa shape index (κ3) is 5.99. The topological polar surface area (TPSA) is 63.1 Å². The minimum Gasteiger partial charge on any atom is -0.325 e. The Balaban J connectivity index is 2.17. The molecule has 1 N–H and O–H groups in total. The van der Waals surface area contributed by atoms with Crippen LogP contribution in [0.15, 0.2) is 23.4 Å². The fourth-order valence-corrected chi connectivity index (χ4v) is 3.85. The van der Waals surface area contributed by atoms with Gasteiger partial charge in [-0.25, -0.2) is 8.78 Å². The smallest absolute Gasteiger partial charge is 0.237 e. The van der Waals surface area contributed by atoms with Gasteiger partial charge < -0.3 is 9.88 Å². The number of hydrogen-bond donors (Lipinski definition) is 1. The Kier molecular flexibility index (Phi) is 8.58. The first kappa shape index (κ1) is 23.3. The summed E-state index contributed by atoms with van der Waals surface area (Å²) in [7, 11) is 4.02. The number of carbonyl (C=O) groups is 1. The molecule has 160 valence electrons. The second-order valence-electron chi connectivity index (χ2n) is 7.11. The van der Waals surface area contributed by atoms with E-state index < -0.39 is 16.9 Å². The average molecular weight is 426 g/mol. The van der Waals surface area contributed by atoms with Gasteiger partial charge >= 0.3 is 0 Å². The summed E-state index contributed by atoms with van der Waals surface area (Å²) in [6.07, 6.45) is 2.92. The van der Waals surface area contributed by atoms with Crippen molar-refractivity contribution in [3.8, 4) is 0 Å². The lowest BCUT2D eigenvalue weighted by Crippen LogP contribution is -2.24. The van der Waals surface area contributed by atoms with Crippen molar-refractivity contribution < 1.29 is 13.6 Å². The predicted octanol–water partition coefficient (Wildman–Crippen LogP) is 4.49. The fraction of sp³-hybridized carbons (Fsp3) is 0.550. The third-order valence-corrected chi connectivity index (χ3v) is 5.71. The lowest BCUT2D eigenvalue weighted by Gasteiger charge is -2.23. The highest BCUT2D eigenvalue weighted by atomic mass is 32.2. The van der Waals surface area contributed by atoms with Crippen molar-refractivity contribution in [2.75, 3.05) is 19.4 Å². The lowest BCUT2D eigenvalue weighted by atomic mass is 10.2. The minimum absolute atomic E-state index is 0.139. The molecule has 29 heavy (non-hydrogen) atoms. The molecule has 0 saturated carbocycles. The second kappa shape index (κ2) is 10.7. The molecule has 1 heterocycles. The zero-order valence-electron chi connectivity index (χ0n) is 17.6. The number of nitrogens with zero attached hydrogens (tertiary/aromatic N) is 4. The maximum absolute atomic E-state index is 13.4. The van der Waals surface area contributed by atoms with E-state index in [1.165, 1.54) is 17.8 Å². The summed E-state index contributed by atoms with van der Waals surface area (Å²) in [5, 5.41) is 11.6. The van der Waals surface area contributed by atoms with Crippen LogP contribution in [0.4, 0.5) is 14.5 Å². The first-order valence-electron chi connectivity index (χ1n) is 9.80. The number of amides is 1. The molecule has 2 rings (SSSR count). The molecule has 0 fully saturated rings. The number of rotatable bonds is 10. The summed E-state index contributed by atoms with van der Waals surface area (Å²) in [6, 6.07) is 3.43. The van der Waals surface area contributed by atoms with E-state index in [1.54, 1.807) is 6.92 Å². The highest BCUT2D eigenvalue weighted by molar-refractivity contribution is 8.00. The number of anilines is 1. The van der Waals surface area contributed by atoms with Crippen molar-refractivity contribution in [1.82, 2.24) is 19.7 Å². The van der Waals surface area contributed by atoms with E-state index in [0.717, 1.165) is 43.8 Å². The number of halogens is 2. The molecular weight excluding hydrogens is 396 g/mol. The van der Waals surface area contributed by atoms with E-state index in [9.17, 15) is 13.6 Å². The van der Waals surface area contributed by atoms with Gasteiger partial charge in [-0.1, -0.05) is 32.0 Å². The van der Waals surface area contributed by atoms with Crippen LogP contribution in [0.25, 0.3) is 0 Å². The van der Waals surface area contributed by atoms with Crippen LogP contribution >= 0.6 is 11.8 Å². The highest BCUT2D eigenvalue weighted by Gasteiger charge is 2.24. The zero-order valence-corrected chi connectivity index (χ0v) is 18.4. The van der Waals surface area contributed by atoms with Crippen molar-refractivity contribution in [2.45, 2.75) is 63.0 Å². The molecule has 0 spiro atoms. The normalized spacial score (nSPS) is 13.5. The molecule has 0 radical (unpaired) electrons. The van der Waals surface area contributed by atoms with E-state index in [-0.39, 0.29) is 17.6 Å². The largest absolute Gasteiger partial charge is 0.325 e. The number of carbonyl (C=O) groups excluding carboxylic acids is 1. The number of benzene rings is 1. The quantitative estimate of drug-likeness (QED) is 0.569. The van der Waals surface area contributed by atoms with Crippen molar-refractivity contribution in [1.29, 1.82) is 0 Å². The molecule has 1 aromatic carbocycles. The van der Waals surface area contributed by atoms with Gasteiger partial charge in [-0.3, -0.25) is 9.69 Å². The molecule has 2 aromatic rings. The molecule has 1 aromatic heterocycles. The van der Waals surface area contributed by atoms with Gasteiger partial charge in [0.15, 0.2) is 22.6 Å². The third-order valence-electron chi connectivity index (χ3n) is 4.63. The summed E-state index contributed by atoms with van der Waals surface area (Å²) >= 11 is 1.31. The van der Waals surface area contributed by atoms with Crippen LogP contribution in [0.2, 0.25) is 0 Å². The molecule has 1 amide bonds. The Hall–Kier alpha value is -2.00. The summed E-state index contributed by atoms with van der Waals surface area (Å²) < 4.78 is 28.5. The minimum atomic E-state index is -0.999. The number of aromatic nitrogens is 3. The summed E-state index contributed by atoms with van der Waals surface area (Å²) in [5.41, 5.74) is 0.216. The summed E-state index contributed by atoms with van der Waals surface area (Å²) in [5.74, 6) is -1.37. The van der Waals surface area contributed by atoms with Crippen LogP contribution in [0.1, 0.15) is 51.9 Å². The van der Waals surface area contributed by atoms with Crippen molar-refractivity contribution in [2.24, 2.45) is 0 Å². The lowest BCUT2D eigenvalue weighted by molar-refractivity contribution is -0.115. The van der Waals surface area contributed by atoms with Gasteiger partial charge in [0.1, 0.15) is 0 Å². The van der Waals surface area contributed by atoms with Gasteiger partial charge in [0.25, 0.3) is 0 Å². The van der Waals surface area contributed by atoms with Crippen molar-refractivity contribution in [3.05, 3.63) is 35.7 Å². The van der Waals surface area contributed by atoms with Gasteiger partial charge in [-0.15, -0.1) is 10.2 Å². The SMILES string of the molecule is CCCCn1c(SC(C)C(=O)Nc2ccc(F)c(F)c2)nnc1C(CC)N(C)C. The van der Waals surface area contributed by atoms with Crippen LogP contribution in [-0.4, -0.2) is 44.9 Å². The molecule has 0 bridgehead atoms. The Bertz CT molecular complexity index is 827. The molecule has 0 aliphatic rings. The van der Waals surface area contributed by atoms with Gasteiger partial charge in [0.05, 0.1) is 11.3 Å². The Morgan fingerprint density at radius 1 is 1.24 bits per heavy atom. The monoisotopic (exact) mass is 425 g/mol. The van der Waals surface area contributed by atoms with E-state index in [4.69, 9.17) is 0 Å². The number of unbranched alkanes of at least 4 members (excludes halogenated alkanes) is 1. The second-order valence-corrected chi connectivity index (χ2v) is 8.42. The van der Waals surface area contributed by atoms with E-state index in [0.29, 0.717) is 5.16 Å². The zero-order chi connectivity index (χ0) is 21.6. The van der Waals surface area contributed by atoms with E-state index >= 15 is 0 Å². The molecule has 0 aliphatic carbocycles. The van der Waals surface area contributed by atoms with Crippen LogP contribution < -0.4 is 5.32 Å². The van der Waals surface area contributed by atoms with Gasteiger partial charge in [0.2, 0.25) is 5.91 Å². The summed E-state index contributed by atoms with van der Waals surface area (Å²) in [6.45, 7) is 6.76. The molecule has 0 saturated heterocycles. The Morgan fingerprint density at radius 2 is 1.97 bits per heavy atom. The molecule has 2 atom stereocenters. The van der Waals surface area contributed by atoms with Crippen LogP contribution in [0.5, 0.6) is 0 Å². The van der Waals surface area contributed by atoms with Crippen molar-refractivity contribution >= 4 is 23.4 Å². The van der Waals surface area contributed by atoms with E-state index in [2.05, 4.69) is 38.8 Å². The van der Waals surface area contributed by atoms with Gasteiger partial charge in [-0.05, 0) is 46.0 Å². The number of thioether (sulfide) groups is 1. The molecule has 6 nitrogen and oxygen atoms in total. The average Bonchev–Trinajstić information content (AvgIpc) is 3.05.